The van der Waals surface area contributed by atoms with E-state index in [4.69, 9.17) is 16.3 Å². The highest BCUT2D eigenvalue weighted by atomic mass is 35.5. The van der Waals surface area contributed by atoms with Crippen LogP contribution in [0.15, 0.2) is 53.7 Å². The van der Waals surface area contributed by atoms with E-state index in [-0.39, 0.29) is 11.7 Å². The number of amides is 1. The van der Waals surface area contributed by atoms with Crippen LogP contribution in [0.4, 0.5) is 5.69 Å². The van der Waals surface area contributed by atoms with Gasteiger partial charge in [-0.2, -0.15) is 4.68 Å². The number of rotatable bonds is 6. The minimum absolute atomic E-state index is 0.165. The second kappa shape index (κ2) is 8.00. The van der Waals surface area contributed by atoms with Gasteiger partial charge in [-0.1, -0.05) is 35.5 Å². The van der Waals surface area contributed by atoms with Gasteiger partial charge in [0.1, 0.15) is 11.4 Å². The fraction of sp³-hybridized carbons (Fsp3) is 0.125. The summed E-state index contributed by atoms with van der Waals surface area (Å²) in [5, 5.41) is 15.5. The maximum atomic E-state index is 12.1. The molecule has 0 radical (unpaired) electrons. The van der Waals surface area contributed by atoms with E-state index in [1.54, 1.807) is 36.1 Å². The van der Waals surface area contributed by atoms with Crippen LogP contribution in [-0.2, 0) is 4.79 Å². The van der Waals surface area contributed by atoms with Gasteiger partial charge >= 0.3 is 0 Å². The molecule has 2 aromatic carbocycles. The van der Waals surface area contributed by atoms with Crippen LogP contribution in [0.25, 0.3) is 5.69 Å². The second-order valence-corrected chi connectivity index (χ2v) is 6.27. The Hall–Kier alpha value is -2.58. The van der Waals surface area contributed by atoms with Gasteiger partial charge in [0.15, 0.2) is 0 Å². The third-order valence-electron chi connectivity index (χ3n) is 3.21. The molecule has 1 aromatic heterocycles. The molecule has 0 aliphatic rings. The smallest absolute Gasteiger partial charge is 0.234 e. The number of nitrogens with zero attached hydrogens (tertiary/aromatic N) is 4. The highest BCUT2D eigenvalue weighted by Crippen LogP contribution is 2.25. The predicted molar refractivity (Wildman–Crippen MR) is 96.5 cm³/mol. The summed E-state index contributed by atoms with van der Waals surface area (Å²) in [5.74, 6) is 0.641. The number of benzene rings is 2. The number of para-hydroxylation sites is 2. The number of methoxy groups -OCH3 is 1. The first-order valence-corrected chi connectivity index (χ1v) is 8.63. The van der Waals surface area contributed by atoms with Crippen molar-refractivity contribution >= 4 is 35.0 Å². The Morgan fingerprint density at radius 3 is 2.76 bits per heavy atom. The van der Waals surface area contributed by atoms with E-state index >= 15 is 0 Å². The lowest BCUT2D eigenvalue weighted by Gasteiger charge is -2.09. The first-order valence-electron chi connectivity index (χ1n) is 7.27. The Morgan fingerprint density at radius 1 is 1.24 bits per heavy atom. The van der Waals surface area contributed by atoms with Gasteiger partial charge in [0.2, 0.25) is 11.1 Å². The number of aromatic nitrogens is 4. The predicted octanol–water partition coefficient (Wildman–Crippen LogP) is 3.06. The first kappa shape index (κ1) is 17.2. The van der Waals surface area contributed by atoms with E-state index in [9.17, 15) is 4.79 Å². The van der Waals surface area contributed by atoms with Crippen LogP contribution in [0.1, 0.15) is 0 Å². The Balaban J connectivity index is 1.67. The van der Waals surface area contributed by atoms with E-state index in [0.29, 0.717) is 27.3 Å². The number of nitrogens with one attached hydrogen (secondary N) is 1. The van der Waals surface area contributed by atoms with Crippen LogP contribution in [-0.4, -0.2) is 39.0 Å². The minimum atomic E-state index is -0.165. The average molecular weight is 376 g/mol. The molecule has 3 rings (SSSR count). The number of thioether (sulfide) groups is 1. The van der Waals surface area contributed by atoms with Gasteiger partial charge in [0.05, 0.1) is 12.9 Å². The summed E-state index contributed by atoms with van der Waals surface area (Å²) in [6.45, 7) is 0. The van der Waals surface area contributed by atoms with Gasteiger partial charge in [-0.25, -0.2) is 0 Å². The molecule has 0 bridgehead atoms. The molecule has 0 saturated heterocycles. The molecule has 1 amide bonds. The lowest BCUT2D eigenvalue weighted by Crippen LogP contribution is -2.14. The summed E-state index contributed by atoms with van der Waals surface area (Å²) in [4.78, 5) is 12.1. The molecule has 7 nitrogen and oxygen atoms in total. The Morgan fingerprint density at radius 2 is 2.00 bits per heavy atom. The third kappa shape index (κ3) is 4.28. The number of anilines is 1. The van der Waals surface area contributed by atoms with E-state index in [2.05, 4.69) is 20.8 Å². The summed E-state index contributed by atoms with van der Waals surface area (Å²) in [7, 11) is 1.58. The zero-order chi connectivity index (χ0) is 17.6. The lowest BCUT2D eigenvalue weighted by atomic mass is 10.3. The van der Waals surface area contributed by atoms with Gasteiger partial charge in [0.25, 0.3) is 0 Å². The number of halogens is 1. The van der Waals surface area contributed by atoms with Crippen molar-refractivity contribution in [2.75, 3.05) is 18.2 Å². The van der Waals surface area contributed by atoms with Crippen LogP contribution < -0.4 is 10.1 Å². The summed E-state index contributed by atoms with van der Waals surface area (Å²) in [6, 6.07) is 14.3. The monoisotopic (exact) mass is 375 g/mol. The number of hydrogen-bond donors (Lipinski definition) is 1. The topological polar surface area (TPSA) is 81.9 Å². The molecule has 0 atom stereocenters. The largest absolute Gasteiger partial charge is 0.494 e. The number of tetrazole rings is 1. The molecule has 1 N–H and O–H groups in total. The van der Waals surface area contributed by atoms with Crippen molar-refractivity contribution in [1.29, 1.82) is 0 Å². The maximum absolute atomic E-state index is 12.1. The van der Waals surface area contributed by atoms with Crippen LogP contribution >= 0.6 is 23.4 Å². The van der Waals surface area contributed by atoms with Crippen molar-refractivity contribution in [1.82, 2.24) is 20.2 Å². The number of ether oxygens (including phenoxy) is 1. The number of carbonyl (C=O) groups excluding carboxylic acids is 1. The van der Waals surface area contributed by atoms with Crippen LogP contribution in [0, 0.1) is 0 Å². The van der Waals surface area contributed by atoms with Crippen molar-refractivity contribution in [3.05, 3.63) is 53.6 Å². The molecule has 0 spiro atoms. The normalized spacial score (nSPS) is 10.5. The zero-order valence-corrected chi connectivity index (χ0v) is 14.8. The summed E-state index contributed by atoms with van der Waals surface area (Å²) >= 11 is 7.06. The molecule has 0 unspecified atom stereocenters. The van der Waals surface area contributed by atoms with E-state index in [1.807, 2.05) is 24.3 Å². The quantitative estimate of drug-likeness (QED) is 0.667. The maximum Gasteiger partial charge on any atom is 0.234 e. The molecular formula is C16H14ClN5O2S. The van der Waals surface area contributed by atoms with Gasteiger partial charge in [-0.15, -0.1) is 5.10 Å². The third-order valence-corrected chi connectivity index (χ3v) is 4.39. The van der Waals surface area contributed by atoms with Gasteiger partial charge in [0, 0.05) is 10.7 Å². The zero-order valence-electron chi connectivity index (χ0n) is 13.2. The van der Waals surface area contributed by atoms with Crippen molar-refractivity contribution in [2.45, 2.75) is 5.16 Å². The molecule has 25 heavy (non-hydrogen) atoms. The lowest BCUT2D eigenvalue weighted by molar-refractivity contribution is -0.113. The minimum Gasteiger partial charge on any atom is -0.494 e. The molecule has 0 fully saturated rings. The van der Waals surface area contributed by atoms with Gasteiger partial charge in [-0.05, 0) is 46.8 Å². The van der Waals surface area contributed by atoms with Gasteiger partial charge in [-0.3, -0.25) is 4.79 Å². The van der Waals surface area contributed by atoms with Crippen molar-refractivity contribution in [2.24, 2.45) is 0 Å². The number of hydrogen-bond acceptors (Lipinski definition) is 6. The highest BCUT2D eigenvalue weighted by Gasteiger charge is 2.14. The fourth-order valence-electron chi connectivity index (χ4n) is 2.09. The van der Waals surface area contributed by atoms with E-state index < -0.39 is 0 Å². The first-order chi connectivity index (χ1) is 12.2. The van der Waals surface area contributed by atoms with Gasteiger partial charge < -0.3 is 10.1 Å². The van der Waals surface area contributed by atoms with Crippen molar-refractivity contribution in [3.63, 3.8) is 0 Å². The van der Waals surface area contributed by atoms with E-state index in [0.717, 1.165) is 0 Å². The molecule has 0 saturated carbocycles. The number of carbonyl (C=O) groups is 1. The van der Waals surface area contributed by atoms with Crippen molar-refractivity contribution < 1.29 is 9.53 Å². The molecule has 9 heteroatoms. The summed E-state index contributed by atoms with van der Waals surface area (Å²) in [6.07, 6.45) is 0. The Kier molecular flexibility index (Phi) is 5.52. The molecule has 0 aliphatic carbocycles. The Labute approximate surface area is 153 Å². The standard InChI is InChI=1S/C16H14ClN5O2S/c1-24-14-5-3-2-4-13(14)22-16(19-20-21-22)25-10-15(23)18-12-8-6-11(17)7-9-12/h2-9H,10H2,1H3,(H,18,23). The summed E-state index contributed by atoms with van der Waals surface area (Å²) in [5.41, 5.74) is 1.38. The SMILES string of the molecule is COc1ccccc1-n1nnnc1SCC(=O)Nc1ccc(Cl)cc1. The summed E-state index contributed by atoms with van der Waals surface area (Å²) < 4.78 is 6.86. The van der Waals surface area contributed by atoms with Crippen LogP contribution in [0.2, 0.25) is 5.02 Å². The molecular weight excluding hydrogens is 362 g/mol. The fourth-order valence-corrected chi connectivity index (χ4v) is 2.90. The van der Waals surface area contributed by atoms with E-state index in [1.165, 1.54) is 11.8 Å². The Bertz CT molecular complexity index is 869. The molecule has 128 valence electrons. The molecule has 1 heterocycles. The molecule has 0 aliphatic heterocycles. The van der Waals surface area contributed by atoms with Crippen LogP contribution in [0.5, 0.6) is 5.75 Å². The second-order valence-electron chi connectivity index (χ2n) is 4.89. The molecule has 3 aromatic rings. The highest BCUT2D eigenvalue weighted by molar-refractivity contribution is 7.99. The van der Waals surface area contributed by atoms with Crippen molar-refractivity contribution in [3.8, 4) is 11.4 Å². The average Bonchev–Trinajstić information content (AvgIpc) is 3.10. The van der Waals surface area contributed by atoms with Crippen LogP contribution in [0.3, 0.4) is 0 Å².